The highest BCUT2D eigenvalue weighted by Gasteiger charge is 2.16. The van der Waals surface area contributed by atoms with Crippen LogP contribution >= 0.6 is 15.9 Å². The first-order valence-corrected chi connectivity index (χ1v) is 7.88. The van der Waals surface area contributed by atoms with Gasteiger partial charge in [0.2, 0.25) is 0 Å². The molecular weight excluding hydrogens is 397 g/mol. The fourth-order valence-corrected chi connectivity index (χ4v) is 2.32. The number of anilines is 1. The van der Waals surface area contributed by atoms with Crippen LogP contribution in [0.25, 0.3) is 0 Å². The van der Waals surface area contributed by atoms with Gasteiger partial charge in [0.25, 0.3) is 5.91 Å². The van der Waals surface area contributed by atoms with Gasteiger partial charge in [-0.1, -0.05) is 15.9 Å². The molecular formula is C17H15BrFNO5. The smallest absolute Gasteiger partial charge is 0.341 e. The van der Waals surface area contributed by atoms with Crippen LogP contribution in [0.5, 0.6) is 11.5 Å². The number of hydrogen-bond donors (Lipinski definition) is 1. The van der Waals surface area contributed by atoms with Crippen molar-refractivity contribution in [1.82, 2.24) is 0 Å². The maximum Gasteiger partial charge on any atom is 0.341 e. The first-order valence-electron chi connectivity index (χ1n) is 7.08. The highest BCUT2D eigenvalue weighted by Crippen LogP contribution is 2.28. The molecule has 0 saturated carbocycles. The number of carbonyl (C=O) groups is 2. The Bertz CT molecular complexity index is 797. The fraction of sp³-hybridized carbons (Fsp3) is 0.176. The molecule has 0 heterocycles. The lowest BCUT2D eigenvalue weighted by Crippen LogP contribution is -2.21. The van der Waals surface area contributed by atoms with E-state index >= 15 is 0 Å². The van der Waals surface area contributed by atoms with E-state index in [1.165, 1.54) is 26.4 Å². The lowest BCUT2D eigenvalue weighted by Gasteiger charge is -2.12. The maximum absolute atomic E-state index is 13.6. The summed E-state index contributed by atoms with van der Waals surface area (Å²) >= 11 is 3.14. The second-order valence-corrected chi connectivity index (χ2v) is 5.73. The van der Waals surface area contributed by atoms with Crippen LogP contribution in [0, 0.1) is 5.82 Å². The zero-order valence-corrected chi connectivity index (χ0v) is 15.1. The SMILES string of the molecule is COc1ccc(OC)c(NC(=O)COC(=O)c2cc(Br)ccc2F)c1. The second-order valence-electron chi connectivity index (χ2n) is 4.81. The molecule has 8 heteroatoms. The molecule has 0 fully saturated rings. The molecule has 0 bridgehead atoms. The van der Waals surface area contributed by atoms with Crippen LogP contribution in [0.1, 0.15) is 10.4 Å². The molecule has 0 aliphatic rings. The summed E-state index contributed by atoms with van der Waals surface area (Å²) in [5, 5.41) is 2.54. The van der Waals surface area contributed by atoms with Gasteiger partial charge in [0, 0.05) is 10.5 Å². The lowest BCUT2D eigenvalue weighted by atomic mass is 10.2. The third kappa shape index (κ3) is 4.93. The highest BCUT2D eigenvalue weighted by molar-refractivity contribution is 9.10. The zero-order chi connectivity index (χ0) is 18.4. The Balaban J connectivity index is 2.01. The van der Waals surface area contributed by atoms with E-state index in [1.54, 1.807) is 18.2 Å². The number of esters is 1. The first kappa shape index (κ1) is 18.7. The standard InChI is InChI=1S/C17H15BrFNO5/c1-23-11-4-6-15(24-2)14(8-11)20-16(21)9-25-17(22)12-7-10(18)3-5-13(12)19/h3-8H,9H2,1-2H3,(H,20,21). The number of ether oxygens (including phenoxy) is 3. The molecule has 25 heavy (non-hydrogen) atoms. The van der Waals surface area contributed by atoms with E-state index in [2.05, 4.69) is 21.2 Å². The average molecular weight is 412 g/mol. The molecule has 0 spiro atoms. The Morgan fingerprint density at radius 2 is 1.88 bits per heavy atom. The summed E-state index contributed by atoms with van der Waals surface area (Å²) in [5.41, 5.74) is 0.0951. The van der Waals surface area contributed by atoms with E-state index in [9.17, 15) is 14.0 Å². The van der Waals surface area contributed by atoms with Gasteiger partial charge in [0.15, 0.2) is 6.61 Å². The van der Waals surface area contributed by atoms with Gasteiger partial charge in [0.1, 0.15) is 17.3 Å². The Labute approximate surface area is 152 Å². The summed E-state index contributed by atoms with van der Waals surface area (Å²) < 4.78 is 29.2. The van der Waals surface area contributed by atoms with Gasteiger partial charge in [-0.05, 0) is 30.3 Å². The molecule has 2 rings (SSSR count). The molecule has 0 unspecified atom stereocenters. The molecule has 1 N–H and O–H groups in total. The Morgan fingerprint density at radius 3 is 2.56 bits per heavy atom. The van der Waals surface area contributed by atoms with Gasteiger partial charge in [-0.25, -0.2) is 9.18 Å². The summed E-state index contributed by atoms with van der Waals surface area (Å²) in [5.74, 6) is -1.34. The molecule has 1 amide bonds. The zero-order valence-electron chi connectivity index (χ0n) is 13.5. The van der Waals surface area contributed by atoms with Gasteiger partial charge in [-0.2, -0.15) is 0 Å². The van der Waals surface area contributed by atoms with E-state index in [0.29, 0.717) is 21.7 Å². The Kier molecular flexibility index (Phi) is 6.35. The summed E-state index contributed by atoms with van der Waals surface area (Å²) in [6, 6.07) is 8.71. The predicted molar refractivity (Wildman–Crippen MR) is 92.6 cm³/mol. The third-order valence-electron chi connectivity index (χ3n) is 3.16. The van der Waals surface area contributed by atoms with E-state index in [-0.39, 0.29) is 5.56 Å². The van der Waals surface area contributed by atoms with Crippen molar-refractivity contribution in [3.05, 3.63) is 52.3 Å². The number of halogens is 2. The molecule has 0 aromatic heterocycles. The van der Waals surface area contributed by atoms with Crippen LogP contribution < -0.4 is 14.8 Å². The third-order valence-corrected chi connectivity index (χ3v) is 3.66. The van der Waals surface area contributed by atoms with Gasteiger partial charge < -0.3 is 19.5 Å². The molecule has 0 radical (unpaired) electrons. The number of carbonyl (C=O) groups excluding carboxylic acids is 2. The van der Waals surface area contributed by atoms with Crippen molar-refractivity contribution >= 4 is 33.5 Å². The van der Waals surface area contributed by atoms with Crippen LogP contribution in [0.15, 0.2) is 40.9 Å². The van der Waals surface area contributed by atoms with Crippen LogP contribution in [-0.2, 0) is 9.53 Å². The van der Waals surface area contributed by atoms with Crippen molar-refractivity contribution in [2.45, 2.75) is 0 Å². The summed E-state index contributed by atoms with van der Waals surface area (Å²) in [6.45, 7) is -0.578. The van der Waals surface area contributed by atoms with Crippen LogP contribution in [0.2, 0.25) is 0 Å². The van der Waals surface area contributed by atoms with Gasteiger partial charge in [0.05, 0.1) is 25.5 Å². The van der Waals surface area contributed by atoms with Crippen molar-refractivity contribution < 1.29 is 28.2 Å². The van der Waals surface area contributed by atoms with E-state index in [1.807, 2.05) is 0 Å². The quantitative estimate of drug-likeness (QED) is 0.737. The normalized spacial score (nSPS) is 10.1. The number of benzene rings is 2. The van der Waals surface area contributed by atoms with Gasteiger partial charge in [-0.3, -0.25) is 4.79 Å². The van der Waals surface area contributed by atoms with Crippen LogP contribution in [0.4, 0.5) is 10.1 Å². The summed E-state index contributed by atoms with van der Waals surface area (Å²) in [7, 11) is 2.94. The fourth-order valence-electron chi connectivity index (χ4n) is 1.96. The van der Waals surface area contributed by atoms with E-state index < -0.39 is 24.3 Å². The second kappa shape index (κ2) is 8.48. The van der Waals surface area contributed by atoms with Crippen molar-refractivity contribution in [3.8, 4) is 11.5 Å². The molecule has 2 aromatic carbocycles. The molecule has 2 aromatic rings. The molecule has 6 nitrogen and oxygen atoms in total. The van der Waals surface area contributed by atoms with Crippen LogP contribution in [-0.4, -0.2) is 32.7 Å². The summed E-state index contributed by atoms with van der Waals surface area (Å²) in [6.07, 6.45) is 0. The number of nitrogens with one attached hydrogen (secondary N) is 1. The minimum atomic E-state index is -0.938. The van der Waals surface area contributed by atoms with Crippen molar-refractivity contribution in [3.63, 3.8) is 0 Å². The van der Waals surface area contributed by atoms with E-state index in [0.717, 1.165) is 6.07 Å². The average Bonchev–Trinajstić information content (AvgIpc) is 2.61. The number of amides is 1. The largest absolute Gasteiger partial charge is 0.497 e. The molecule has 132 valence electrons. The first-order chi connectivity index (χ1) is 11.9. The van der Waals surface area contributed by atoms with Crippen LogP contribution in [0.3, 0.4) is 0 Å². The van der Waals surface area contributed by atoms with Gasteiger partial charge >= 0.3 is 5.97 Å². The number of hydrogen-bond acceptors (Lipinski definition) is 5. The molecule has 0 atom stereocenters. The van der Waals surface area contributed by atoms with Crippen molar-refractivity contribution in [2.24, 2.45) is 0 Å². The van der Waals surface area contributed by atoms with E-state index in [4.69, 9.17) is 14.2 Å². The minimum Gasteiger partial charge on any atom is -0.497 e. The van der Waals surface area contributed by atoms with Gasteiger partial charge in [-0.15, -0.1) is 0 Å². The molecule has 0 aliphatic heterocycles. The summed E-state index contributed by atoms with van der Waals surface area (Å²) in [4.78, 5) is 23.9. The maximum atomic E-state index is 13.6. The topological polar surface area (TPSA) is 73.9 Å². The number of methoxy groups -OCH3 is 2. The number of rotatable bonds is 6. The Hall–Kier alpha value is -2.61. The minimum absolute atomic E-state index is 0.263. The van der Waals surface area contributed by atoms with Crippen molar-refractivity contribution in [1.29, 1.82) is 0 Å². The monoisotopic (exact) mass is 411 g/mol. The molecule has 0 saturated heterocycles. The Morgan fingerprint density at radius 1 is 1.12 bits per heavy atom. The highest BCUT2D eigenvalue weighted by atomic mass is 79.9. The lowest BCUT2D eigenvalue weighted by molar-refractivity contribution is -0.119. The predicted octanol–water partition coefficient (Wildman–Crippen LogP) is 3.40. The molecule has 0 aliphatic carbocycles. The van der Waals surface area contributed by atoms with Crippen molar-refractivity contribution in [2.75, 3.05) is 26.1 Å².